The SMILES string of the molecule is COCc1cc(C=Nn2cc(C)nc2N)ccc1OC(C)C. The first-order chi connectivity index (χ1) is 10.5. The third-order valence-corrected chi connectivity index (χ3v) is 2.91. The fourth-order valence-electron chi connectivity index (χ4n) is 2.04. The second-order valence-corrected chi connectivity index (χ2v) is 5.30. The molecule has 6 heteroatoms. The summed E-state index contributed by atoms with van der Waals surface area (Å²) in [7, 11) is 1.66. The molecule has 2 aromatic rings. The predicted molar refractivity (Wildman–Crippen MR) is 87.3 cm³/mol. The van der Waals surface area contributed by atoms with Crippen molar-refractivity contribution in [2.75, 3.05) is 12.8 Å². The number of aromatic nitrogens is 2. The van der Waals surface area contributed by atoms with E-state index in [1.807, 2.05) is 39.0 Å². The Morgan fingerprint density at radius 2 is 2.18 bits per heavy atom. The third-order valence-electron chi connectivity index (χ3n) is 2.91. The number of nitrogens with zero attached hydrogens (tertiary/aromatic N) is 3. The molecule has 1 heterocycles. The van der Waals surface area contributed by atoms with Crippen LogP contribution in [0, 0.1) is 6.92 Å². The second kappa shape index (κ2) is 7.09. The first-order valence-corrected chi connectivity index (χ1v) is 7.14. The molecule has 0 unspecified atom stereocenters. The number of nitrogen functional groups attached to an aromatic ring is 1. The van der Waals surface area contributed by atoms with Crippen LogP contribution in [0.15, 0.2) is 29.5 Å². The lowest BCUT2D eigenvalue weighted by molar-refractivity contribution is 0.174. The van der Waals surface area contributed by atoms with Crippen molar-refractivity contribution >= 4 is 12.2 Å². The van der Waals surface area contributed by atoms with Crippen molar-refractivity contribution in [3.05, 3.63) is 41.2 Å². The van der Waals surface area contributed by atoms with Gasteiger partial charge in [0.15, 0.2) is 0 Å². The topological polar surface area (TPSA) is 74.7 Å². The largest absolute Gasteiger partial charge is 0.491 e. The minimum absolute atomic E-state index is 0.115. The molecule has 118 valence electrons. The summed E-state index contributed by atoms with van der Waals surface area (Å²) in [6.45, 7) is 6.35. The number of imidazole rings is 1. The van der Waals surface area contributed by atoms with Gasteiger partial charge in [-0.1, -0.05) is 0 Å². The van der Waals surface area contributed by atoms with Gasteiger partial charge in [-0.05, 0) is 44.5 Å². The maximum Gasteiger partial charge on any atom is 0.221 e. The van der Waals surface area contributed by atoms with Crippen LogP contribution in [0.3, 0.4) is 0 Å². The highest BCUT2D eigenvalue weighted by molar-refractivity contribution is 5.80. The molecule has 1 aromatic heterocycles. The molecule has 0 fully saturated rings. The standard InChI is InChI=1S/C16H22N4O2/c1-11(2)22-15-6-5-13(7-14(15)10-21-4)8-18-20-9-12(3)19-16(20)17/h5-9,11H,10H2,1-4H3,(H2,17,19). The molecular formula is C16H22N4O2. The number of benzene rings is 1. The maximum absolute atomic E-state index is 5.78. The number of hydrogen-bond acceptors (Lipinski definition) is 5. The Morgan fingerprint density at radius 1 is 1.41 bits per heavy atom. The number of rotatable bonds is 6. The van der Waals surface area contributed by atoms with Gasteiger partial charge >= 0.3 is 0 Å². The van der Waals surface area contributed by atoms with Gasteiger partial charge in [-0.15, -0.1) is 0 Å². The maximum atomic E-state index is 5.78. The van der Waals surface area contributed by atoms with Gasteiger partial charge in [-0.2, -0.15) is 5.10 Å². The molecule has 0 bridgehead atoms. The minimum Gasteiger partial charge on any atom is -0.491 e. The van der Waals surface area contributed by atoms with Crippen molar-refractivity contribution < 1.29 is 9.47 Å². The lowest BCUT2D eigenvalue weighted by atomic mass is 10.1. The number of nitrogens with two attached hydrogens (primary N) is 1. The lowest BCUT2D eigenvalue weighted by Gasteiger charge is -2.14. The van der Waals surface area contributed by atoms with Crippen molar-refractivity contribution in [2.45, 2.75) is 33.5 Å². The molecular weight excluding hydrogens is 280 g/mol. The van der Waals surface area contributed by atoms with Gasteiger partial charge in [-0.25, -0.2) is 9.66 Å². The van der Waals surface area contributed by atoms with Gasteiger partial charge in [0.2, 0.25) is 5.95 Å². The first kappa shape index (κ1) is 16.0. The Hall–Kier alpha value is -2.34. The molecule has 0 spiro atoms. The Balaban J connectivity index is 2.24. The Morgan fingerprint density at radius 3 is 2.77 bits per heavy atom. The molecule has 0 aliphatic rings. The number of aryl methyl sites for hydroxylation is 1. The molecule has 2 rings (SSSR count). The second-order valence-electron chi connectivity index (χ2n) is 5.30. The molecule has 2 N–H and O–H groups in total. The molecule has 0 atom stereocenters. The van der Waals surface area contributed by atoms with Gasteiger partial charge in [0.1, 0.15) is 5.75 Å². The quantitative estimate of drug-likeness (QED) is 0.832. The third kappa shape index (κ3) is 4.08. The van der Waals surface area contributed by atoms with Crippen LogP contribution in [0.2, 0.25) is 0 Å². The highest BCUT2D eigenvalue weighted by Gasteiger charge is 2.07. The summed E-state index contributed by atoms with van der Waals surface area (Å²) in [5, 5.41) is 4.31. The summed E-state index contributed by atoms with van der Waals surface area (Å²) < 4.78 is 12.6. The van der Waals surface area contributed by atoms with E-state index in [1.165, 1.54) is 0 Å². The Bertz CT molecular complexity index is 662. The molecule has 0 radical (unpaired) electrons. The number of methoxy groups -OCH3 is 1. The van der Waals surface area contributed by atoms with Crippen LogP contribution < -0.4 is 10.5 Å². The van der Waals surface area contributed by atoms with E-state index in [4.69, 9.17) is 15.2 Å². The van der Waals surface area contributed by atoms with E-state index in [-0.39, 0.29) is 6.10 Å². The van der Waals surface area contributed by atoms with E-state index in [0.29, 0.717) is 12.6 Å². The van der Waals surface area contributed by atoms with Gasteiger partial charge in [-0.3, -0.25) is 0 Å². The highest BCUT2D eigenvalue weighted by atomic mass is 16.5. The smallest absolute Gasteiger partial charge is 0.221 e. The van der Waals surface area contributed by atoms with Crippen molar-refractivity contribution in [3.8, 4) is 5.75 Å². The zero-order valence-electron chi connectivity index (χ0n) is 13.4. The number of hydrogen-bond donors (Lipinski definition) is 1. The zero-order valence-corrected chi connectivity index (χ0v) is 13.4. The Kier molecular flexibility index (Phi) is 5.16. The Labute approximate surface area is 130 Å². The summed E-state index contributed by atoms with van der Waals surface area (Å²) in [5.74, 6) is 1.19. The van der Waals surface area contributed by atoms with Gasteiger partial charge in [0.05, 0.1) is 30.8 Å². The van der Waals surface area contributed by atoms with E-state index < -0.39 is 0 Å². The van der Waals surface area contributed by atoms with Crippen LogP contribution in [-0.2, 0) is 11.3 Å². The lowest BCUT2D eigenvalue weighted by Crippen LogP contribution is -2.08. The van der Waals surface area contributed by atoms with Crippen LogP contribution in [0.25, 0.3) is 0 Å². The molecule has 0 aliphatic carbocycles. The highest BCUT2D eigenvalue weighted by Crippen LogP contribution is 2.22. The first-order valence-electron chi connectivity index (χ1n) is 7.14. The fraction of sp³-hybridized carbons (Fsp3) is 0.375. The zero-order chi connectivity index (χ0) is 16.1. The molecule has 0 saturated heterocycles. The fourth-order valence-corrected chi connectivity index (χ4v) is 2.04. The normalized spacial score (nSPS) is 11.5. The monoisotopic (exact) mass is 302 g/mol. The van der Waals surface area contributed by atoms with Crippen molar-refractivity contribution in [3.63, 3.8) is 0 Å². The van der Waals surface area contributed by atoms with E-state index >= 15 is 0 Å². The summed E-state index contributed by atoms with van der Waals surface area (Å²) in [6.07, 6.45) is 3.62. The van der Waals surface area contributed by atoms with Crippen LogP contribution in [0.4, 0.5) is 5.95 Å². The summed E-state index contributed by atoms with van der Waals surface area (Å²) in [4.78, 5) is 4.10. The minimum atomic E-state index is 0.115. The summed E-state index contributed by atoms with van der Waals surface area (Å²) in [5.41, 5.74) is 8.51. The molecule has 6 nitrogen and oxygen atoms in total. The van der Waals surface area contributed by atoms with E-state index in [2.05, 4.69) is 10.1 Å². The van der Waals surface area contributed by atoms with Crippen LogP contribution in [-0.4, -0.2) is 29.1 Å². The van der Waals surface area contributed by atoms with Crippen molar-refractivity contribution in [1.82, 2.24) is 9.66 Å². The number of anilines is 1. The van der Waals surface area contributed by atoms with Crippen LogP contribution in [0.5, 0.6) is 5.75 Å². The number of ether oxygens (including phenoxy) is 2. The van der Waals surface area contributed by atoms with E-state index in [0.717, 1.165) is 22.6 Å². The van der Waals surface area contributed by atoms with Gasteiger partial charge in [0, 0.05) is 12.7 Å². The predicted octanol–water partition coefficient (Wildman–Crippen LogP) is 2.59. The summed E-state index contributed by atoms with van der Waals surface area (Å²) >= 11 is 0. The molecule has 22 heavy (non-hydrogen) atoms. The van der Waals surface area contributed by atoms with E-state index in [9.17, 15) is 0 Å². The molecule has 0 aliphatic heterocycles. The van der Waals surface area contributed by atoms with Crippen molar-refractivity contribution in [1.29, 1.82) is 0 Å². The average molecular weight is 302 g/mol. The van der Waals surface area contributed by atoms with E-state index in [1.54, 1.807) is 24.2 Å². The summed E-state index contributed by atoms with van der Waals surface area (Å²) in [6, 6.07) is 5.86. The molecule has 1 aromatic carbocycles. The van der Waals surface area contributed by atoms with Gasteiger partial charge in [0.25, 0.3) is 0 Å². The van der Waals surface area contributed by atoms with Crippen LogP contribution in [0.1, 0.15) is 30.7 Å². The van der Waals surface area contributed by atoms with Crippen LogP contribution >= 0.6 is 0 Å². The average Bonchev–Trinajstić information content (AvgIpc) is 2.77. The van der Waals surface area contributed by atoms with Crippen molar-refractivity contribution in [2.24, 2.45) is 5.10 Å². The van der Waals surface area contributed by atoms with Gasteiger partial charge < -0.3 is 15.2 Å². The molecule has 0 saturated carbocycles. The molecule has 0 amide bonds.